The topological polar surface area (TPSA) is 58.6 Å². The van der Waals surface area contributed by atoms with Crippen LogP contribution < -0.4 is 10.1 Å². The number of aryl methyl sites for hydroxylation is 2. The first-order valence-electron chi connectivity index (χ1n) is 8.88. The highest BCUT2D eigenvalue weighted by Gasteiger charge is 2.26. The quantitative estimate of drug-likeness (QED) is 0.763. The molecule has 0 bridgehead atoms. The molecule has 0 aliphatic heterocycles. The number of carbonyl (C=O) groups excluding carboxylic acids is 2. The summed E-state index contributed by atoms with van der Waals surface area (Å²) in [6, 6.07) is 8.85. The summed E-state index contributed by atoms with van der Waals surface area (Å²) in [6.45, 7) is 4.97. The SMILES string of the molecule is CNC(=O)[C@@H](C)N(Cc1ccccc1F)C(=O)COc1cc(C)c(Cl)c(C)c1. The van der Waals surface area contributed by atoms with Crippen molar-refractivity contribution in [2.24, 2.45) is 0 Å². The number of nitrogens with one attached hydrogen (secondary N) is 1. The Morgan fingerprint density at radius 3 is 2.39 bits per heavy atom. The predicted molar refractivity (Wildman–Crippen MR) is 107 cm³/mol. The van der Waals surface area contributed by atoms with Crippen LogP contribution >= 0.6 is 11.6 Å². The Hall–Kier alpha value is -2.60. The zero-order chi connectivity index (χ0) is 20.8. The molecule has 28 heavy (non-hydrogen) atoms. The smallest absolute Gasteiger partial charge is 0.261 e. The van der Waals surface area contributed by atoms with Gasteiger partial charge in [-0.05, 0) is 50.1 Å². The van der Waals surface area contributed by atoms with Crippen LogP contribution in [0.3, 0.4) is 0 Å². The molecule has 0 spiro atoms. The molecule has 150 valence electrons. The predicted octanol–water partition coefficient (Wildman–Crippen LogP) is 3.64. The van der Waals surface area contributed by atoms with E-state index in [1.54, 1.807) is 37.3 Å². The number of benzene rings is 2. The molecule has 0 heterocycles. The minimum Gasteiger partial charge on any atom is -0.484 e. The maximum Gasteiger partial charge on any atom is 0.261 e. The summed E-state index contributed by atoms with van der Waals surface area (Å²) in [6.07, 6.45) is 0. The molecule has 2 aromatic rings. The van der Waals surface area contributed by atoms with Gasteiger partial charge >= 0.3 is 0 Å². The minimum absolute atomic E-state index is 0.0396. The molecule has 5 nitrogen and oxygen atoms in total. The molecule has 7 heteroatoms. The summed E-state index contributed by atoms with van der Waals surface area (Å²) in [7, 11) is 1.49. The van der Waals surface area contributed by atoms with Crippen LogP contribution in [0.25, 0.3) is 0 Å². The van der Waals surface area contributed by atoms with Gasteiger partial charge in [0, 0.05) is 24.2 Å². The lowest BCUT2D eigenvalue weighted by molar-refractivity contribution is -0.142. The maximum atomic E-state index is 14.1. The number of halogens is 2. The summed E-state index contributed by atoms with van der Waals surface area (Å²) in [5, 5.41) is 3.16. The standard InChI is InChI=1S/C21H24ClFN2O3/c1-13-9-17(10-14(2)20(13)22)28-12-19(26)25(15(3)21(27)24-4)11-16-7-5-6-8-18(16)23/h5-10,15H,11-12H2,1-4H3,(H,24,27)/t15-/m1/s1. The lowest BCUT2D eigenvalue weighted by Crippen LogP contribution is -2.48. The van der Waals surface area contributed by atoms with E-state index in [9.17, 15) is 14.0 Å². The molecule has 0 saturated heterocycles. The lowest BCUT2D eigenvalue weighted by atomic mass is 10.1. The molecule has 0 aromatic heterocycles. The Labute approximate surface area is 169 Å². The Balaban J connectivity index is 2.19. The molecule has 2 aromatic carbocycles. The number of nitrogens with zero attached hydrogens (tertiary/aromatic N) is 1. The van der Waals surface area contributed by atoms with Crippen molar-refractivity contribution in [1.82, 2.24) is 10.2 Å². The minimum atomic E-state index is -0.783. The molecular formula is C21H24ClFN2O3. The van der Waals surface area contributed by atoms with Crippen molar-refractivity contribution in [2.75, 3.05) is 13.7 Å². The van der Waals surface area contributed by atoms with E-state index in [0.29, 0.717) is 16.3 Å². The van der Waals surface area contributed by atoms with E-state index in [2.05, 4.69) is 5.32 Å². The molecule has 0 aliphatic carbocycles. The molecule has 0 saturated carbocycles. The summed E-state index contributed by atoms with van der Waals surface area (Å²) >= 11 is 6.15. The fraction of sp³-hybridized carbons (Fsp3) is 0.333. The second-order valence-electron chi connectivity index (χ2n) is 6.56. The normalized spacial score (nSPS) is 11.6. The largest absolute Gasteiger partial charge is 0.484 e. The number of ether oxygens (including phenoxy) is 1. The Morgan fingerprint density at radius 2 is 1.82 bits per heavy atom. The van der Waals surface area contributed by atoms with Gasteiger partial charge in [0.25, 0.3) is 5.91 Å². The van der Waals surface area contributed by atoms with Gasteiger partial charge in [-0.15, -0.1) is 0 Å². The van der Waals surface area contributed by atoms with Crippen molar-refractivity contribution in [2.45, 2.75) is 33.4 Å². The van der Waals surface area contributed by atoms with E-state index in [0.717, 1.165) is 11.1 Å². The van der Waals surface area contributed by atoms with E-state index >= 15 is 0 Å². The van der Waals surface area contributed by atoms with Gasteiger partial charge in [0.05, 0.1) is 0 Å². The number of hydrogen-bond donors (Lipinski definition) is 1. The highest BCUT2D eigenvalue weighted by Crippen LogP contribution is 2.26. The summed E-state index contributed by atoms with van der Waals surface area (Å²) in [5.74, 6) is -0.701. The average Bonchev–Trinajstić information content (AvgIpc) is 2.68. The monoisotopic (exact) mass is 406 g/mol. The van der Waals surface area contributed by atoms with E-state index in [4.69, 9.17) is 16.3 Å². The first-order chi connectivity index (χ1) is 13.2. The Bertz CT molecular complexity index is 849. The summed E-state index contributed by atoms with van der Waals surface area (Å²) in [5.41, 5.74) is 2.00. The number of likely N-dealkylation sites (N-methyl/N-ethyl adjacent to an activating group) is 1. The molecule has 2 rings (SSSR count). The first kappa shape index (κ1) is 21.7. The van der Waals surface area contributed by atoms with E-state index in [1.165, 1.54) is 18.0 Å². The van der Waals surface area contributed by atoms with Crippen LogP contribution in [-0.4, -0.2) is 36.4 Å². The van der Waals surface area contributed by atoms with Gasteiger partial charge in [-0.2, -0.15) is 0 Å². The highest BCUT2D eigenvalue weighted by atomic mass is 35.5. The average molecular weight is 407 g/mol. The van der Waals surface area contributed by atoms with Crippen LogP contribution in [0.4, 0.5) is 4.39 Å². The van der Waals surface area contributed by atoms with Gasteiger partial charge < -0.3 is 15.0 Å². The van der Waals surface area contributed by atoms with Gasteiger partial charge in [0.15, 0.2) is 6.61 Å². The molecule has 0 fully saturated rings. The molecule has 0 unspecified atom stereocenters. The molecule has 1 N–H and O–H groups in total. The lowest BCUT2D eigenvalue weighted by Gasteiger charge is -2.28. The number of carbonyl (C=O) groups is 2. The van der Waals surface area contributed by atoms with Crippen LogP contribution in [0.2, 0.25) is 5.02 Å². The third-order valence-corrected chi connectivity index (χ3v) is 5.08. The second kappa shape index (κ2) is 9.55. The Morgan fingerprint density at radius 1 is 1.21 bits per heavy atom. The van der Waals surface area contributed by atoms with E-state index in [-0.39, 0.29) is 19.1 Å². The molecular weight excluding hydrogens is 383 g/mol. The first-order valence-corrected chi connectivity index (χ1v) is 9.26. The van der Waals surface area contributed by atoms with E-state index in [1.807, 2.05) is 13.8 Å². The fourth-order valence-electron chi connectivity index (χ4n) is 2.82. The highest BCUT2D eigenvalue weighted by molar-refractivity contribution is 6.32. The molecule has 1 atom stereocenters. The number of amides is 2. The fourth-order valence-corrected chi connectivity index (χ4v) is 2.93. The van der Waals surface area contributed by atoms with Gasteiger partial charge in [-0.3, -0.25) is 9.59 Å². The van der Waals surface area contributed by atoms with Crippen molar-refractivity contribution in [1.29, 1.82) is 0 Å². The van der Waals surface area contributed by atoms with Gasteiger partial charge in [0.2, 0.25) is 5.91 Å². The van der Waals surface area contributed by atoms with Gasteiger partial charge in [-0.1, -0.05) is 29.8 Å². The van der Waals surface area contributed by atoms with Crippen molar-refractivity contribution < 1.29 is 18.7 Å². The summed E-state index contributed by atoms with van der Waals surface area (Å²) < 4.78 is 19.7. The third-order valence-electron chi connectivity index (χ3n) is 4.48. The zero-order valence-corrected chi connectivity index (χ0v) is 17.1. The van der Waals surface area contributed by atoms with E-state index < -0.39 is 17.8 Å². The van der Waals surface area contributed by atoms with Crippen LogP contribution in [0.15, 0.2) is 36.4 Å². The molecule has 0 radical (unpaired) electrons. The van der Waals surface area contributed by atoms with Crippen LogP contribution in [0, 0.1) is 19.7 Å². The van der Waals surface area contributed by atoms with Crippen molar-refractivity contribution >= 4 is 23.4 Å². The summed E-state index contributed by atoms with van der Waals surface area (Å²) in [4.78, 5) is 26.2. The van der Waals surface area contributed by atoms with Crippen LogP contribution in [-0.2, 0) is 16.1 Å². The maximum absolute atomic E-state index is 14.1. The van der Waals surface area contributed by atoms with Gasteiger partial charge in [-0.25, -0.2) is 4.39 Å². The van der Waals surface area contributed by atoms with Crippen LogP contribution in [0.5, 0.6) is 5.75 Å². The molecule has 0 aliphatic rings. The van der Waals surface area contributed by atoms with Crippen molar-refractivity contribution in [3.05, 3.63) is 63.9 Å². The van der Waals surface area contributed by atoms with Gasteiger partial charge in [0.1, 0.15) is 17.6 Å². The molecule has 2 amide bonds. The Kier molecular flexibility index (Phi) is 7.40. The van der Waals surface area contributed by atoms with Crippen molar-refractivity contribution in [3.8, 4) is 5.75 Å². The van der Waals surface area contributed by atoms with Crippen LogP contribution in [0.1, 0.15) is 23.6 Å². The second-order valence-corrected chi connectivity index (χ2v) is 6.94. The van der Waals surface area contributed by atoms with Crippen molar-refractivity contribution in [3.63, 3.8) is 0 Å². The number of rotatable bonds is 7. The third kappa shape index (κ3) is 5.23. The zero-order valence-electron chi connectivity index (χ0n) is 16.4. The number of hydrogen-bond acceptors (Lipinski definition) is 3.